The molecule has 1 aromatic rings. The number of rotatable bonds is 3. The van der Waals surface area contributed by atoms with Crippen molar-refractivity contribution in [2.45, 2.75) is 104 Å². The highest BCUT2D eigenvalue weighted by molar-refractivity contribution is 5.87. The van der Waals surface area contributed by atoms with Crippen molar-refractivity contribution < 1.29 is 23.9 Å². The van der Waals surface area contributed by atoms with Gasteiger partial charge in [0.05, 0.1) is 24.9 Å². The number of aldehydes is 1. The number of amides is 1. The van der Waals surface area contributed by atoms with E-state index in [9.17, 15) is 19.2 Å². The summed E-state index contributed by atoms with van der Waals surface area (Å²) < 4.78 is 13.9. The summed E-state index contributed by atoms with van der Waals surface area (Å²) >= 11 is 0. The molecule has 4 aliphatic rings. The minimum atomic E-state index is -0.729. The summed E-state index contributed by atoms with van der Waals surface area (Å²) in [6.45, 7) is 8.27. The van der Waals surface area contributed by atoms with Crippen LogP contribution in [0.25, 0.3) is 6.08 Å². The lowest BCUT2D eigenvalue weighted by Crippen LogP contribution is -2.46. The summed E-state index contributed by atoms with van der Waals surface area (Å²) in [6.07, 6.45) is 8.96. The summed E-state index contributed by atoms with van der Waals surface area (Å²) in [7, 11) is 0. The van der Waals surface area contributed by atoms with E-state index in [2.05, 4.69) is 9.97 Å². The van der Waals surface area contributed by atoms with Crippen LogP contribution >= 0.6 is 0 Å². The predicted molar refractivity (Wildman–Crippen MR) is 155 cm³/mol. The molecule has 8 atom stereocenters. The number of carbonyl (C=O) groups is 3. The Balaban J connectivity index is 1.50. The van der Waals surface area contributed by atoms with E-state index in [0.29, 0.717) is 30.7 Å². The molecule has 1 amide bonds. The Morgan fingerprint density at radius 1 is 1.02 bits per heavy atom. The van der Waals surface area contributed by atoms with Gasteiger partial charge in [0.25, 0.3) is 0 Å². The zero-order chi connectivity index (χ0) is 30.2. The minimum Gasteiger partial charge on any atom is -0.462 e. The maximum Gasteiger partial charge on any atom is 0.353 e. The van der Waals surface area contributed by atoms with E-state index < -0.39 is 29.2 Å². The van der Waals surface area contributed by atoms with Crippen LogP contribution in [0.3, 0.4) is 0 Å². The summed E-state index contributed by atoms with van der Waals surface area (Å²) in [5.41, 5.74) is 4.52. The van der Waals surface area contributed by atoms with Crippen molar-refractivity contribution >= 4 is 24.2 Å². The Bertz CT molecular complexity index is 1270. The maximum atomic E-state index is 14.1. The lowest BCUT2D eigenvalue weighted by atomic mass is 9.77. The van der Waals surface area contributed by atoms with Crippen molar-refractivity contribution in [1.29, 1.82) is 0 Å². The largest absolute Gasteiger partial charge is 0.462 e. The predicted octanol–water partition coefficient (Wildman–Crippen LogP) is 2.95. The average molecular weight is 584 g/mol. The third-order valence-electron chi connectivity index (χ3n) is 9.89. The van der Waals surface area contributed by atoms with Crippen molar-refractivity contribution in [2.24, 2.45) is 40.7 Å². The molecular formula is C31H45N5O6. The normalized spacial score (nSPS) is 34.0. The number of nitrogens with zero attached hydrogens (tertiary/aromatic N) is 4. The maximum absolute atomic E-state index is 14.1. The molecule has 5 rings (SSSR count). The number of aromatic nitrogens is 3. The van der Waals surface area contributed by atoms with Crippen LogP contribution in [0.15, 0.2) is 11.0 Å². The summed E-state index contributed by atoms with van der Waals surface area (Å²) in [4.78, 5) is 63.1. The fourth-order valence-electron chi connectivity index (χ4n) is 7.47. The molecule has 0 aromatic carbocycles. The van der Waals surface area contributed by atoms with Crippen LogP contribution in [-0.2, 0) is 25.7 Å². The van der Waals surface area contributed by atoms with E-state index >= 15 is 0 Å². The number of hydrogen-bond acceptors (Lipinski definition) is 9. The molecule has 2 saturated carbocycles. The fraction of sp³-hybridized carbons (Fsp3) is 0.742. The van der Waals surface area contributed by atoms with Gasteiger partial charge in [-0.1, -0.05) is 40.5 Å². The molecule has 0 radical (unpaired) electrons. The van der Waals surface area contributed by atoms with Crippen LogP contribution in [0.4, 0.5) is 0 Å². The molecule has 3 heterocycles. The molecule has 42 heavy (non-hydrogen) atoms. The highest BCUT2D eigenvalue weighted by Gasteiger charge is 2.54. The van der Waals surface area contributed by atoms with Crippen molar-refractivity contribution in [2.75, 3.05) is 6.54 Å². The molecule has 1 aromatic heterocycles. The van der Waals surface area contributed by atoms with Gasteiger partial charge in [-0.05, 0) is 67.5 Å². The molecule has 11 nitrogen and oxygen atoms in total. The van der Waals surface area contributed by atoms with Crippen molar-refractivity contribution in [3.63, 3.8) is 0 Å². The Hall–Kier alpha value is -3.24. The van der Waals surface area contributed by atoms with Gasteiger partial charge in [0.2, 0.25) is 5.91 Å². The smallest absolute Gasteiger partial charge is 0.353 e. The first-order valence-corrected chi connectivity index (χ1v) is 15.5. The molecule has 3 fully saturated rings. The van der Waals surface area contributed by atoms with E-state index in [1.807, 2.05) is 27.7 Å². The SMILES string of the molecule is CC[C@@H]1[C@@H]2CN(C(=O)[C@H](C(C)(C)C)CC(=O)O[C@@H]3CC4CC4[C@H]3CCCCCn3c(nc(C=CN)nc3=O)O2)[C@@H]1C=O. The monoisotopic (exact) mass is 583 g/mol. The first kappa shape index (κ1) is 30.2. The molecule has 2 N–H and O–H groups in total. The van der Waals surface area contributed by atoms with E-state index in [4.69, 9.17) is 15.2 Å². The van der Waals surface area contributed by atoms with Crippen LogP contribution in [-0.4, -0.2) is 62.4 Å². The van der Waals surface area contributed by atoms with E-state index in [1.54, 1.807) is 4.90 Å². The van der Waals surface area contributed by atoms with Crippen molar-refractivity contribution in [3.05, 3.63) is 22.5 Å². The number of nitrogens with two attached hydrogens (primary N) is 1. The number of fused-ring (bicyclic) bond motifs is 6. The summed E-state index contributed by atoms with van der Waals surface area (Å²) in [5, 5.41) is 0. The van der Waals surface area contributed by atoms with Crippen LogP contribution in [0.1, 0.15) is 84.9 Å². The fourth-order valence-corrected chi connectivity index (χ4v) is 7.47. The van der Waals surface area contributed by atoms with Gasteiger partial charge in [0, 0.05) is 12.5 Å². The molecule has 11 heteroatoms. The molecule has 2 bridgehead atoms. The molecule has 230 valence electrons. The number of esters is 1. The highest BCUT2D eigenvalue weighted by Crippen LogP contribution is 2.57. The second-order valence-electron chi connectivity index (χ2n) is 13.6. The Morgan fingerprint density at radius 3 is 2.50 bits per heavy atom. The quantitative estimate of drug-likeness (QED) is 0.419. The van der Waals surface area contributed by atoms with E-state index in [1.165, 1.54) is 23.3 Å². The van der Waals surface area contributed by atoms with Gasteiger partial charge in [-0.3, -0.25) is 9.59 Å². The molecular weight excluding hydrogens is 538 g/mol. The van der Waals surface area contributed by atoms with Crippen LogP contribution in [0.5, 0.6) is 6.01 Å². The van der Waals surface area contributed by atoms with E-state index in [0.717, 1.165) is 38.4 Å². The highest BCUT2D eigenvalue weighted by atomic mass is 16.5. The topological polar surface area (TPSA) is 147 Å². The van der Waals surface area contributed by atoms with Gasteiger partial charge in [-0.2, -0.15) is 9.97 Å². The number of carbonyl (C=O) groups excluding carboxylic acids is 3. The second kappa shape index (κ2) is 12.2. The zero-order valence-corrected chi connectivity index (χ0v) is 25.2. The first-order valence-electron chi connectivity index (χ1n) is 15.5. The molecule has 2 aliphatic carbocycles. The second-order valence-corrected chi connectivity index (χ2v) is 13.6. The van der Waals surface area contributed by atoms with Gasteiger partial charge >= 0.3 is 17.7 Å². The first-order chi connectivity index (χ1) is 20.0. The van der Waals surface area contributed by atoms with Gasteiger partial charge in [0.15, 0.2) is 5.82 Å². The van der Waals surface area contributed by atoms with Crippen LogP contribution in [0, 0.1) is 35.0 Å². The van der Waals surface area contributed by atoms with Gasteiger partial charge < -0.3 is 24.9 Å². The molecule has 2 aliphatic heterocycles. The average Bonchev–Trinajstić information content (AvgIpc) is 3.47. The van der Waals surface area contributed by atoms with Crippen LogP contribution in [0.2, 0.25) is 0 Å². The Labute approximate surface area is 247 Å². The lowest BCUT2D eigenvalue weighted by Gasteiger charge is -2.34. The van der Waals surface area contributed by atoms with Crippen molar-refractivity contribution in [1.82, 2.24) is 19.4 Å². The lowest BCUT2D eigenvalue weighted by molar-refractivity contribution is -0.158. The number of ether oxygens (including phenoxy) is 2. The zero-order valence-electron chi connectivity index (χ0n) is 25.2. The molecule has 1 saturated heterocycles. The minimum absolute atomic E-state index is 0.0362. The van der Waals surface area contributed by atoms with Gasteiger partial charge in [-0.15, -0.1) is 0 Å². The third-order valence-corrected chi connectivity index (χ3v) is 9.89. The van der Waals surface area contributed by atoms with Gasteiger partial charge in [-0.25, -0.2) is 9.36 Å². The molecule has 2 unspecified atom stereocenters. The van der Waals surface area contributed by atoms with Crippen molar-refractivity contribution in [3.8, 4) is 6.01 Å². The molecule has 0 spiro atoms. The van der Waals surface area contributed by atoms with Crippen LogP contribution < -0.4 is 16.2 Å². The van der Waals surface area contributed by atoms with Gasteiger partial charge in [0.1, 0.15) is 18.5 Å². The Kier molecular flexibility index (Phi) is 8.76. The third kappa shape index (κ3) is 6.10. The number of hydrogen-bond donors (Lipinski definition) is 1. The standard InChI is InChI=1S/C31H45N5O6/c1-5-19-23(17-37)36-16-25(19)42-30-34-26(10-11-32)33-29(40)35(30)12-8-6-7-9-20-21-13-18(21)14-24(20)41-27(38)15-22(28(36)39)31(2,3)4/h10-11,17-25H,5-9,12-16,32H2,1-4H3/t18?,19-,20+,21?,22+,23+,24+,25-/m0/s1. The summed E-state index contributed by atoms with van der Waals surface area (Å²) in [5.74, 6) is 0.104. The summed E-state index contributed by atoms with van der Waals surface area (Å²) in [6, 6.07) is -0.619. The Morgan fingerprint density at radius 2 is 1.81 bits per heavy atom. The van der Waals surface area contributed by atoms with E-state index in [-0.39, 0.29) is 48.7 Å².